The summed E-state index contributed by atoms with van der Waals surface area (Å²) in [5.41, 5.74) is 0.847. The van der Waals surface area contributed by atoms with Gasteiger partial charge in [-0.05, 0) is 36.6 Å². The van der Waals surface area contributed by atoms with Gasteiger partial charge in [-0.2, -0.15) is 0 Å². The second-order valence-corrected chi connectivity index (χ2v) is 9.72. The van der Waals surface area contributed by atoms with E-state index in [-0.39, 0.29) is 17.8 Å². The lowest BCUT2D eigenvalue weighted by Gasteiger charge is -2.34. The van der Waals surface area contributed by atoms with Gasteiger partial charge in [0.1, 0.15) is 10.8 Å². The molecule has 3 heterocycles. The highest BCUT2D eigenvalue weighted by molar-refractivity contribution is 6.35. The quantitative estimate of drug-likeness (QED) is 0.422. The number of hydrogen-bond donors (Lipinski definition) is 0. The highest BCUT2D eigenvalue weighted by Crippen LogP contribution is 2.55. The summed E-state index contributed by atoms with van der Waals surface area (Å²) in [5, 5.41) is 13.1. The summed E-state index contributed by atoms with van der Waals surface area (Å²) < 4.78 is 2.08. The molecule has 0 N–H and O–H groups in total. The average Bonchev–Trinajstić information content (AvgIpc) is 3.46. The normalized spacial score (nSPS) is 17.5. The van der Waals surface area contributed by atoms with Crippen molar-refractivity contribution >= 4 is 64.8 Å². The number of benzene rings is 1. The van der Waals surface area contributed by atoms with E-state index in [2.05, 4.69) is 24.6 Å². The first-order valence-electron chi connectivity index (χ1n) is 10.2. The maximum Gasteiger partial charge on any atom is 0.256 e. The summed E-state index contributed by atoms with van der Waals surface area (Å²) in [6.07, 6.45) is 3.48. The fourth-order valence-electron chi connectivity index (χ4n) is 4.20. The summed E-state index contributed by atoms with van der Waals surface area (Å²) in [6.45, 7) is 2.78. The summed E-state index contributed by atoms with van der Waals surface area (Å²) in [6, 6.07) is 7.28. The molecular formula is C21H21Cl5N6O. The van der Waals surface area contributed by atoms with Crippen LogP contribution in [0.3, 0.4) is 0 Å². The van der Waals surface area contributed by atoms with Gasteiger partial charge < -0.3 is 9.74 Å². The number of hydrogen-bond acceptors (Lipinski definition) is 6. The molecule has 3 aromatic rings. The van der Waals surface area contributed by atoms with Crippen LogP contribution in [0.1, 0.15) is 24.2 Å². The SMILES string of the molecule is Cl.Cn1c(N2CCN(Oc3ncc(Cl)cc3Cl)CC2)nnc1C1(c2ccc(Cl)cc2Cl)CC1. The van der Waals surface area contributed by atoms with Gasteiger partial charge in [0.05, 0.1) is 23.5 Å². The van der Waals surface area contributed by atoms with Gasteiger partial charge in [0, 0.05) is 36.4 Å². The van der Waals surface area contributed by atoms with Gasteiger partial charge in [0.15, 0.2) is 0 Å². The van der Waals surface area contributed by atoms with Crippen LogP contribution >= 0.6 is 58.8 Å². The standard InChI is InChI=1S/C21H20Cl4N6O.ClH/c1-29-19(21(4-5-21)15-3-2-13(22)10-16(15)24)27-28-20(29)30-6-8-31(9-7-30)32-18-17(25)11-14(23)12-26-18;/h2-3,10-12H,4-9H2,1H3;1H. The van der Waals surface area contributed by atoms with E-state index in [0.29, 0.717) is 39.1 Å². The van der Waals surface area contributed by atoms with Crippen LogP contribution in [0.5, 0.6) is 5.88 Å². The van der Waals surface area contributed by atoms with Gasteiger partial charge in [-0.25, -0.2) is 4.98 Å². The van der Waals surface area contributed by atoms with Crippen molar-refractivity contribution in [3.05, 3.63) is 61.9 Å². The predicted molar refractivity (Wildman–Crippen MR) is 133 cm³/mol. The minimum Gasteiger partial charge on any atom is -0.384 e. The molecule has 0 radical (unpaired) electrons. The van der Waals surface area contributed by atoms with Gasteiger partial charge in [-0.1, -0.05) is 52.5 Å². The van der Waals surface area contributed by atoms with Crippen molar-refractivity contribution in [3.8, 4) is 5.88 Å². The Morgan fingerprint density at radius 3 is 2.24 bits per heavy atom. The maximum atomic E-state index is 6.52. The predicted octanol–water partition coefficient (Wildman–Crippen LogP) is 5.44. The fourth-order valence-corrected chi connectivity index (χ4v) is 5.20. The molecule has 2 aliphatic rings. The van der Waals surface area contributed by atoms with Crippen LogP contribution in [0.4, 0.5) is 5.95 Å². The molecule has 1 saturated carbocycles. The average molecular weight is 551 g/mol. The lowest BCUT2D eigenvalue weighted by molar-refractivity contribution is -0.0660. The summed E-state index contributed by atoms with van der Waals surface area (Å²) in [4.78, 5) is 12.2. The molecule has 2 aromatic heterocycles. The third-order valence-corrected chi connectivity index (χ3v) is 7.01. The Labute approximate surface area is 217 Å². The fraction of sp³-hybridized carbons (Fsp3) is 0.381. The van der Waals surface area contributed by atoms with E-state index in [1.807, 2.05) is 24.2 Å². The first-order valence-corrected chi connectivity index (χ1v) is 11.7. The van der Waals surface area contributed by atoms with Crippen molar-refractivity contribution in [2.24, 2.45) is 7.05 Å². The molecule has 0 unspecified atom stereocenters. The number of halogens is 5. The number of pyridine rings is 1. The number of aromatic nitrogens is 4. The Hall–Kier alpha value is -1.48. The van der Waals surface area contributed by atoms with E-state index in [1.54, 1.807) is 12.1 Å². The van der Waals surface area contributed by atoms with E-state index in [0.717, 1.165) is 43.3 Å². The van der Waals surface area contributed by atoms with Crippen molar-refractivity contribution < 1.29 is 4.84 Å². The molecule has 33 heavy (non-hydrogen) atoms. The molecule has 0 bridgehead atoms. The van der Waals surface area contributed by atoms with Gasteiger partial charge in [-0.3, -0.25) is 4.57 Å². The minimum atomic E-state index is -0.205. The zero-order chi connectivity index (χ0) is 22.5. The molecule has 2 fully saturated rings. The first kappa shape index (κ1) is 24.6. The summed E-state index contributed by atoms with van der Waals surface area (Å²) in [5.74, 6) is 2.10. The van der Waals surface area contributed by atoms with Crippen LogP contribution in [-0.4, -0.2) is 51.0 Å². The molecule has 5 rings (SSSR count). The van der Waals surface area contributed by atoms with Gasteiger partial charge in [0.25, 0.3) is 5.88 Å². The van der Waals surface area contributed by atoms with E-state index in [1.165, 1.54) is 6.20 Å². The highest BCUT2D eigenvalue weighted by Gasteiger charge is 2.51. The molecule has 12 heteroatoms. The third kappa shape index (κ3) is 4.72. The molecule has 0 amide bonds. The zero-order valence-corrected chi connectivity index (χ0v) is 21.5. The number of piperazine rings is 1. The first-order chi connectivity index (χ1) is 15.4. The van der Waals surface area contributed by atoms with E-state index in [9.17, 15) is 0 Å². The van der Waals surface area contributed by atoms with Crippen LogP contribution in [-0.2, 0) is 12.5 Å². The molecule has 176 valence electrons. The molecule has 0 spiro atoms. The van der Waals surface area contributed by atoms with E-state index < -0.39 is 0 Å². The second-order valence-electron chi connectivity index (χ2n) is 8.04. The topological polar surface area (TPSA) is 59.3 Å². The maximum absolute atomic E-state index is 6.52. The molecular weight excluding hydrogens is 530 g/mol. The highest BCUT2D eigenvalue weighted by atomic mass is 35.5. The second kappa shape index (κ2) is 9.64. The Morgan fingerprint density at radius 1 is 0.909 bits per heavy atom. The smallest absolute Gasteiger partial charge is 0.256 e. The van der Waals surface area contributed by atoms with Crippen LogP contribution < -0.4 is 9.74 Å². The molecule has 1 saturated heterocycles. The van der Waals surface area contributed by atoms with Crippen LogP contribution in [0.2, 0.25) is 20.1 Å². The van der Waals surface area contributed by atoms with Crippen molar-refractivity contribution in [2.75, 3.05) is 31.1 Å². The van der Waals surface area contributed by atoms with Crippen molar-refractivity contribution in [1.82, 2.24) is 24.8 Å². The Kier molecular flexibility index (Phi) is 7.20. The van der Waals surface area contributed by atoms with E-state index in [4.69, 9.17) is 51.2 Å². The van der Waals surface area contributed by atoms with Crippen LogP contribution in [0.15, 0.2) is 30.5 Å². The van der Waals surface area contributed by atoms with Gasteiger partial charge >= 0.3 is 0 Å². The number of rotatable bonds is 5. The van der Waals surface area contributed by atoms with Crippen LogP contribution in [0, 0.1) is 0 Å². The molecule has 7 nitrogen and oxygen atoms in total. The Morgan fingerprint density at radius 2 is 1.61 bits per heavy atom. The molecule has 1 aliphatic heterocycles. The van der Waals surface area contributed by atoms with Crippen molar-refractivity contribution in [1.29, 1.82) is 0 Å². The van der Waals surface area contributed by atoms with Gasteiger partial charge in [-0.15, -0.1) is 27.7 Å². The zero-order valence-electron chi connectivity index (χ0n) is 17.6. The Balaban J connectivity index is 0.00000259. The van der Waals surface area contributed by atoms with Gasteiger partial charge in [0.2, 0.25) is 5.95 Å². The van der Waals surface area contributed by atoms with Crippen molar-refractivity contribution in [3.63, 3.8) is 0 Å². The summed E-state index contributed by atoms with van der Waals surface area (Å²) >= 11 is 24.7. The van der Waals surface area contributed by atoms with Crippen LogP contribution in [0.25, 0.3) is 0 Å². The molecule has 1 aromatic carbocycles. The van der Waals surface area contributed by atoms with Crippen molar-refractivity contribution in [2.45, 2.75) is 18.3 Å². The largest absolute Gasteiger partial charge is 0.384 e. The lowest BCUT2D eigenvalue weighted by Crippen LogP contribution is -2.48. The number of nitrogens with zero attached hydrogens (tertiary/aromatic N) is 6. The number of hydroxylamine groups is 2. The molecule has 1 aliphatic carbocycles. The third-order valence-electron chi connectivity index (χ3n) is 5.99. The monoisotopic (exact) mass is 548 g/mol. The lowest BCUT2D eigenvalue weighted by atomic mass is 9.95. The van der Waals surface area contributed by atoms with E-state index >= 15 is 0 Å². The number of anilines is 1. The molecule has 0 atom stereocenters. The summed E-state index contributed by atoms with van der Waals surface area (Å²) in [7, 11) is 2.01. The minimum absolute atomic E-state index is 0. The Bertz CT molecular complexity index is 1160.